The maximum atomic E-state index is 13.5. The Bertz CT molecular complexity index is 937. The lowest BCUT2D eigenvalue weighted by molar-refractivity contribution is -0.154. The summed E-state index contributed by atoms with van der Waals surface area (Å²) in [7, 11) is 0. The van der Waals surface area contributed by atoms with Gasteiger partial charge >= 0.3 is 0 Å². The third-order valence-corrected chi connectivity index (χ3v) is 9.01. The van der Waals surface area contributed by atoms with E-state index >= 15 is 0 Å². The first kappa shape index (κ1) is 25.9. The summed E-state index contributed by atoms with van der Waals surface area (Å²) >= 11 is 0. The van der Waals surface area contributed by atoms with E-state index < -0.39 is 24.2 Å². The Hall–Kier alpha value is -2.18. The van der Waals surface area contributed by atoms with Crippen LogP contribution in [0.15, 0.2) is 0 Å². The molecule has 4 N–H and O–H groups in total. The van der Waals surface area contributed by atoms with Gasteiger partial charge < -0.3 is 26.0 Å². The van der Waals surface area contributed by atoms with Crippen molar-refractivity contribution in [2.45, 2.75) is 109 Å². The molecule has 0 aromatic carbocycles. The van der Waals surface area contributed by atoms with Crippen LogP contribution in [-0.2, 0) is 19.1 Å². The monoisotopic (exact) mass is 487 g/mol. The van der Waals surface area contributed by atoms with Gasteiger partial charge in [-0.1, -0.05) is 13.8 Å². The molecule has 2 aliphatic carbocycles. The molecule has 0 spiro atoms. The maximum Gasteiger partial charge on any atom is 0.244 e. The zero-order valence-corrected chi connectivity index (χ0v) is 21.9. The number of fused-ring (bicyclic) bond motifs is 1. The second-order valence-electron chi connectivity index (χ2n) is 12.7. The predicted molar refractivity (Wildman–Crippen MR) is 130 cm³/mol. The molecule has 194 valence electrons. The smallest absolute Gasteiger partial charge is 0.244 e. The summed E-state index contributed by atoms with van der Waals surface area (Å²) in [6, 6.07) is -0.200. The lowest BCUT2D eigenvalue weighted by Crippen LogP contribution is -2.58. The van der Waals surface area contributed by atoms with Gasteiger partial charge in [-0.3, -0.25) is 14.4 Å². The molecule has 2 saturated heterocycles. The van der Waals surface area contributed by atoms with E-state index in [0.29, 0.717) is 13.0 Å². The molecule has 0 unspecified atom stereocenters. The van der Waals surface area contributed by atoms with E-state index in [1.807, 2.05) is 27.7 Å². The molecule has 4 aliphatic rings. The number of piperidine rings is 1. The summed E-state index contributed by atoms with van der Waals surface area (Å²) < 4.78 is 6.12. The van der Waals surface area contributed by atoms with Gasteiger partial charge in [0.05, 0.1) is 17.8 Å². The fourth-order valence-electron chi connectivity index (χ4n) is 6.59. The van der Waals surface area contributed by atoms with Gasteiger partial charge in [-0.15, -0.1) is 0 Å². The number of carbonyl (C=O) groups is 3. The maximum absolute atomic E-state index is 13.5. The molecule has 2 aliphatic heterocycles. The van der Waals surface area contributed by atoms with Crippen molar-refractivity contribution < 1.29 is 19.1 Å². The molecule has 0 bridgehead atoms. The molecule has 3 amide bonds. The minimum atomic E-state index is -0.862. The van der Waals surface area contributed by atoms with Gasteiger partial charge in [0, 0.05) is 18.0 Å². The largest absolute Gasteiger partial charge is 0.370 e. The molecule has 9 heteroatoms. The van der Waals surface area contributed by atoms with Crippen molar-refractivity contribution in [3.05, 3.63) is 0 Å². The van der Waals surface area contributed by atoms with Crippen molar-refractivity contribution in [1.82, 2.24) is 15.5 Å². The summed E-state index contributed by atoms with van der Waals surface area (Å²) in [5, 5.41) is 15.5. The van der Waals surface area contributed by atoms with Crippen LogP contribution < -0.4 is 16.4 Å². The molecule has 7 atom stereocenters. The lowest BCUT2D eigenvalue weighted by atomic mass is 9.81. The van der Waals surface area contributed by atoms with Crippen molar-refractivity contribution in [3.8, 4) is 6.07 Å². The fraction of sp³-hybridized carbons (Fsp3) is 0.846. The molecular weight excluding hydrogens is 446 g/mol. The number of nitrogens with two attached hydrogens (primary N) is 1. The number of amides is 3. The number of nitriles is 1. The fourth-order valence-corrected chi connectivity index (χ4v) is 6.59. The van der Waals surface area contributed by atoms with Crippen molar-refractivity contribution in [2.24, 2.45) is 28.9 Å². The molecule has 9 nitrogen and oxygen atoms in total. The van der Waals surface area contributed by atoms with E-state index in [0.717, 1.165) is 19.3 Å². The van der Waals surface area contributed by atoms with Crippen LogP contribution in [0.3, 0.4) is 0 Å². The van der Waals surface area contributed by atoms with Crippen LogP contribution in [0.5, 0.6) is 0 Å². The summed E-state index contributed by atoms with van der Waals surface area (Å²) in [5.74, 6) is -0.809. The SMILES string of the molecule is C[C@@H](OC1(C)CCC1)[C@H](N)C(=O)N1C[C@H]2[C@@H]([C@H]1C(=O)N[C@H](C#N)C[C@@H]1CC(C)(C)NC1=O)C2(C)C. The van der Waals surface area contributed by atoms with Gasteiger partial charge in [0.2, 0.25) is 17.7 Å². The molecule has 2 saturated carbocycles. The number of likely N-dealkylation sites (tertiary alicyclic amines) is 1. The number of hydrogen-bond acceptors (Lipinski definition) is 6. The summed E-state index contributed by atoms with van der Waals surface area (Å²) in [4.78, 5) is 40.8. The normalized spacial score (nSPS) is 34.0. The molecule has 0 aromatic rings. The number of rotatable bonds is 8. The van der Waals surface area contributed by atoms with E-state index in [2.05, 4.69) is 30.6 Å². The molecule has 4 rings (SSSR count). The first-order valence-corrected chi connectivity index (χ1v) is 12.9. The number of hydrogen-bond donors (Lipinski definition) is 3. The topological polar surface area (TPSA) is 138 Å². The van der Waals surface area contributed by atoms with Crippen molar-refractivity contribution in [3.63, 3.8) is 0 Å². The molecular formula is C26H41N5O4. The molecule has 35 heavy (non-hydrogen) atoms. The number of ether oxygens (including phenoxy) is 1. The zero-order valence-electron chi connectivity index (χ0n) is 21.9. The van der Waals surface area contributed by atoms with Gasteiger partial charge in [0.25, 0.3) is 0 Å². The highest BCUT2D eigenvalue weighted by Gasteiger charge is 2.69. The zero-order chi connectivity index (χ0) is 25.9. The highest BCUT2D eigenvalue weighted by atomic mass is 16.5. The van der Waals surface area contributed by atoms with Gasteiger partial charge in [0.15, 0.2) is 0 Å². The van der Waals surface area contributed by atoms with Crippen LogP contribution in [0.1, 0.15) is 73.6 Å². The summed E-state index contributed by atoms with van der Waals surface area (Å²) in [5.41, 5.74) is 5.74. The Morgan fingerprint density at radius 1 is 1.29 bits per heavy atom. The van der Waals surface area contributed by atoms with Crippen LogP contribution >= 0.6 is 0 Å². The molecule has 0 radical (unpaired) electrons. The third kappa shape index (κ3) is 4.79. The van der Waals surface area contributed by atoms with Crippen LogP contribution in [0.25, 0.3) is 0 Å². The minimum absolute atomic E-state index is 0.0204. The van der Waals surface area contributed by atoms with Crippen molar-refractivity contribution in [2.75, 3.05) is 6.54 Å². The predicted octanol–water partition coefficient (Wildman–Crippen LogP) is 1.46. The molecule has 2 heterocycles. The van der Waals surface area contributed by atoms with E-state index in [1.165, 1.54) is 0 Å². The van der Waals surface area contributed by atoms with E-state index in [4.69, 9.17) is 10.5 Å². The Balaban J connectivity index is 1.43. The molecule has 0 aromatic heterocycles. The van der Waals surface area contributed by atoms with Gasteiger partial charge in [-0.2, -0.15) is 5.26 Å². The van der Waals surface area contributed by atoms with Gasteiger partial charge in [0.1, 0.15) is 18.1 Å². The van der Waals surface area contributed by atoms with Crippen LogP contribution in [0, 0.1) is 34.5 Å². The second-order valence-corrected chi connectivity index (χ2v) is 12.7. The Labute approximate surface area is 208 Å². The van der Waals surface area contributed by atoms with Crippen LogP contribution in [-0.4, -0.2) is 64.5 Å². The number of carbonyl (C=O) groups excluding carboxylic acids is 3. The Morgan fingerprint density at radius 2 is 1.94 bits per heavy atom. The van der Waals surface area contributed by atoms with Gasteiger partial charge in [-0.25, -0.2) is 0 Å². The average Bonchev–Trinajstić information content (AvgIpc) is 3.05. The van der Waals surface area contributed by atoms with Crippen LogP contribution in [0.2, 0.25) is 0 Å². The minimum Gasteiger partial charge on any atom is -0.370 e. The Morgan fingerprint density at radius 3 is 2.46 bits per heavy atom. The summed E-state index contributed by atoms with van der Waals surface area (Å²) in [6.45, 7) is 12.5. The van der Waals surface area contributed by atoms with E-state index in [-0.39, 0.29) is 58.5 Å². The Kier molecular flexibility index (Phi) is 6.46. The third-order valence-electron chi connectivity index (χ3n) is 9.01. The lowest BCUT2D eigenvalue weighted by Gasteiger charge is -2.42. The van der Waals surface area contributed by atoms with Gasteiger partial charge in [-0.05, 0) is 77.0 Å². The quantitative estimate of drug-likeness (QED) is 0.474. The first-order chi connectivity index (χ1) is 16.2. The highest BCUT2D eigenvalue weighted by molar-refractivity contribution is 5.92. The van der Waals surface area contributed by atoms with Crippen molar-refractivity contribution >= 4 is 17.7 Å². The first-order valence-electron chi connectivity index (χ1n) is 12.9. The standard InChI is InChI=1S/C26H41N5O4/c1-14(35-26(6)8-7-9-26)19(28)23(34)31-13-17-18(25(17,4)5)20(31)22(33)29-16(12-27)10-15-11-24(2,3)30-21(15)32/h14-20H,7-11,13,28H2,1-6H3,(H,29,33)(H,30,32)/t14-,15-,16+,17+,18+,19+,20+/m1/s1. The number of nitrogens with zero attached hydrogens (tertiary/aromatic N) is 2. The number of nitrogens with one attached hydrogen (secondary N) is 2. The van der Waals surface area contributed by atoms with Crippen molar-refractivity contribution in [1.29, 1.82) is 5.26 Å². The highest BCUT2D eigenvalue weighted by Crippen LogP contribution is 2.65. The van der Waals surface area contributed by atoms with E-state index in [1.54, 1.807) is 4.90 Å². The van der Waals surface area contributed by atoms with E-state index in [9.17, 15) is 19.6 Å². The molecule has 4 fully saturated rings. The second kappa shape index (κ2) is 8.74. The summed E-state index contributed by atoms with van der Waals surface area (Å²) in [6.07, 6.45) is 3.42. The average molecular weight is 488 g/mol. The van der Waals surface area contributed by atoms with Crippen LogP contribution in [0.4, 0.5) is 0 Å².